The summed E-state index contributed by atoms with van der Waals surface area (Å²) in [6.45, 7) is 1.03. The SMILES string of the molecule is C1COC2CCCC2C1. The van der Waals surface area contributed by atoms with Crippen molar-refractivity contribution < 1.29 is 4.74 Å². The molecule has 1 heteroatoms. The Balaban J connectivity index is 1.97. The van der Waals surface area contributed by atoms with Crippen molar-refractivity contribution in [2.45, 2.75) is 38.2 Å². The molecule has 0 amide bonds. The van der Waals surface area contributed by atoms with E-state index in [-0.39, 0.29) is 0 Å². The predicted molar refractivity (Wildman–Crippen MR) is 36.3 cm³/mol. The van der Waals surface area contributed by atoms with E-state index in [0.29, 0.717) is 6.10 Å². The van der Waals surface area contributed by atoms with Gasteiger partial charge in [-0.15, -0.1) is 0 Å². The summed E-state index contributed by atoms with van der Waals surface area (Å²) < 4.78 is 5.60. The van der Waals surface area contributed by atoms with Crippen LogP contribution in [0.1, 0.15) is 32.1 Å². The average molecular weight is 126 g/mol. The van der Waals surface area contributed by atoms with Gasteiger partial charge in [0.1, 0.15) is 0 Å². The lowest BCUT2D eigenvalue weighted by Gasteiger charge is -2.25. The number of rotatable bonds is 0. The second kappa shape index (κ2) is 2.30. The molecule has 0 N–H and O–H groups in total. The summed E-state index contributed by atoms with van der Waals surface area (Å²) in [7, 11) is 0. The van der Waals surface area contributed by atoms with Crippen molar-refractivity contribution >= 4 is 0 Å². The standard InChI is InChI=1S/C8H14O/c1-3-7-4-2-6-9-8(7)5-1/h7-8H,1-6H2. The summed E-state index contributed by atoms with van der Waals surface area (Å²) in [6, 6.07) is 0. The molecule has 0 aromatic carbocycles. The van der Waals surface area contributed by atoms with Crippen LogP contribution in [0.15, 0.2) is 0 Å². The Hall–Kier alpha value is -0.0400. The molecule has 2 aliphatic rings. The zero-order valence-corrected chi connectivity index (χ0v) is 5.81. The maximum atomic E-state index is 5.60. The molecule has 1 nitrogen and oxygen atoms in total. The van der Waals surface area contributed by atoms with E-state index < -0.39 is 0 Å². The second-order valence-corrected chi connectivity index (χ2v) is 3.24. The normalized spacial score (nSPS) is 42.7. The third-order valence-electron chi connectivity index (χ3n) is 2.64. The molecular weight excluding hydrogens is 112 g/mol. The highest BCUT2D eigenvalue weighted by atomic mass is 16.5. The molecule has 0 aromatic rings. The van der Waals surface area contributed by atoms with Crippen molar-refractivity contribution in [1.29, 1.82) is 0 Å². The van der Waals surface area contributed by atoms with Crippen molar-refractivity contribution in [3.05, 3.63) is 0 Å². The predicted octanol–water partition coefficient (Wildman–Crippen LogP) is 1.97. The van der Waals surface area contributed by atoms with Crippen molar-refractivity contribution in [3.63, 3.8) is 0 Å². The van der Waals surface area contributed by atoms with Gasteiger partial charge in [0.2, 0.25) is 0 Å². The van der Waals surface area contributed by atoms with Gasteiger partial charge in [-0.3, -0.25) is 0 Å². The molecule has 1 saturated heterocycles. The zero-order chi connectivity index (χ0) is 6.10. The summed E-state index contributed by atoms with van der Waals surface area (Å²) >= 11 is 0. The van der Waals surface area contributed by atoms with Gasteiger partial charge in [0.25, 0.3) is 0 Å². The Morgan fingerprint density at radius 2 is 1.89 bits per heavy atom. The monoisotopic (exact) mass is 126 g/mol. The van der Waals surface area contributed by atoms with Gasteiger partial charge in [-0.25, -0.2) is 0 Å². The van der Waals surface area contributed by atoms with Gasteiger partial charge in [0.05, 0.1) is 6.10 Å². The number of hydrogen-bond acceptors (Lipinski definition) is 1. The van der Waals surface area contributed by atoms with Crippen molar-refractivity contribution in [3.8, 4) is 0 Å². The van der Waals surface area contributed by atoms with Gasteiger partial charge in [0.15, 0.2) is 0 Å². The molecule has 0 aromatic heterocycles. The van der Waals surface area contributed by atoms with E-state index in [1.165, 1.54) is 32.1 Å². The Kier molecular flexibility index (Phi) is 1.46. The Morgan fingerprint density at radius 1 is 1.00 bits per heavy atom. The molecule has 1 aliphatic carbocycles. The largest absolute Gasteiger partial charge is 0.378 e. The maximum absolute atomic E-state index is 5.60. The number of fused-ring (bicyclic) bond motifs is 1. The minimum atomic E-state index is 0.666. The van der Waals surface area contributed by atoms with E-state index in [4.69, 9.17) is 4.74 Å². The lowest BCUT2D eigenvalue weighted by atomic mass is 9.98. The quantitative estimate of drug-likeness (QED) is 0.482. The van der Waals surface area contributed by atoms with Gasteiger partial charge in [-0.2, -0.15) is 0 Å². The van der Waals surface area contributed by atoms with Crippen LogP contribution < -0.4 is 0 Å². The summed E-state index contributed by atoms with van der Waals surface area (Å²) in [6.07, 6.45) is 7.59. The summed E-state index contributed by atoms with van der Waals surface area (Å²) in [5.41, 5.74) is 0. The number of ether oxygens (including phenoxy) is 1. The minimum absolute atomic E-state index is 0.666. The van der Waals surface area contributed by atoms with E-state index in [0.717, 1.165) is 12.5 Å². The summed E-state index contributed by atoms with van der Waals surface area (Å²) in [5.74, 6) is 0.943. The fourth-order valence-corrected chi connectivity index (χ4v) is 2.13. The highest BCUT2D eigenvalue weighted by molar-refractivity contribution is 4.80. The van der Waals surface area contributed by atoms with Crippen LogP contribution in [0.5, 0.6) is 0 Å². The molecule has 1 aliphatic heterocycles. The molecule has 52 valence electrons. The minimum Gasteiger partial charge on any atom is -0.378 e. The van der Waals surface area contributed by atoms with Crippen LogP contribution >= 0.6 is 0 Å². The van der Waals surface area contributed by atoms with Crippen LogP contribution in [0.2, 0.25) is 0 Å². The first-order valence-electron chi connectivity index (χ1n) is 4.08. The molecule has 1 saturated carbocycles. The molecule has 0 radical (unpaired) electrons. The molecule has 9 heavy (non-hydrogen) atoms. The van der Waals surface area contributed by atoms with E-state index in [1.54, 1.807) is 0 Å². The molecular formula is C8H14O. The smallest absolute Gasteiger partial charge is 0.0603 e. The number of hydrogen-bond donors (Lipinski definition) is 0. The van der Waals surface area contributed by atoms with Gasteiger partial charge in [0, 0.05) is 6.61 Å². The Morgan fingerprint density at radius 3 is 2.78 bits per heavy atom. The van der Waals surface area contributed by atoms with Crippen molar-refractivity contribution in [1.82, 2.24) is 0 Å². The third kappa shape index (κ3) is 0.983. The summed E-state index contributed by atoms with van der Waals surface area (Å²) in [4.78, 5) is 0. The fraction of sp³-hybridized carbons (Fsp3) is 1.00. The van der Waals surface area contributed by atoms with Crippen molar-refractivity contribution in [2.24, 2.45) is 5.92 Å². The van der Waals surface area contributed by atoms with Gasteiger partial charge < -0.3 is 4.74 Å². The third-order valence-corrected chi connectivity index (χ3v) is 2.64. The van der Waals surface area contributed by atoms with E-state index >= 15 is 0 Å². The molecule has 1 heterocycles. The zero-order valence-electron chi connectivity index (χ0n) is 5.81. The average Bonchev–Trinajstić information content (AvgIpc) is 2.33. The second-order valence-electron chi connectivity index (χ2n) is 3.24. The molecule has 2 unspecified atom stereocenters. The van der Waals surface area contributed by atoms with Crippen LogP contribution in [0.25, 0.3) is 0 Å². The highest BCUT2D eigenvalue weighted by Crippen LogP contribution is 2.34. The topological polar surface area (TPSA) is 9.23 Å². The first-order chi connectivity index (χ1) is 4.47. The molecule has 0 bridgehead atoms. The van der Waals surface area contributed by atoms with Crippen LogP contribution in [-0.2, 0) is 4.74 Å². The molecule has 0 spiro atoms. The van der Waals surface area contributed by atoms with Crippen LogP contribution in [0, 0.1) is 5.92 Å². The Bertz CT molecular complexity index is 88.7. The lowest BCUT2D eigenvalue weighted by molar-refractivity contribution is -0.00924. The van der Waals surface area contributed by atoms with Crippen LogP contribution in [-0.4, -0.2) is 12.7 Å². The first kappa shape index (κ1) is 5.72. The highest BCUT2D eigenvalue weighted by Gasteiger charge is 2.29. The van der Waals surface area contributed by atoms with Crippen LogP contribution in [0.3, 0.4) is 0 Å². The molecule has 2 atom stereocenters. The maximum Gasteiger partial charge on any atom is 0.0603 e. The van der Waals surface area contributed by atoms with Gasteiger partial charge >= 0.3 is 0 Å². The van der Waals surface area contributed by atoms with Crippen molar-refractivity contribution in [2.75, 3.05) is 6.61 Å². The molecule has 2 rings (SSSR count). The van der Waals surface area contributed by atoms with E-state index in [9.17, 15) is 0 Å². The Labute approximate surface area is 56.4 Å². The fourth-order valence-electron chi connectivity index (χ4n) is 2.13. The molecule has 2 fully saturated rings. The van der Waals surface area contributed by atoms with E-state index in [1.807, 2.05) is 0 Å². The summed E-state index contributed by atoms with van der Waals surface area (Å²) in [5, 5.41) is 0. The van der Waals surface area contributed by atoms with Gasteiger partial charge in [-0.1, -0.05) is 6.42 Å². The van der Waals surface area contributed by atoms with E-state index in [2.05, 4.69) is 0 Å². The van der Waals surface area contributed by atoms with Gasteiger partial charge in [-0.05, 0) is 31.6 Å². The van der Waals surface area contributed by atoms with Crippen LogP contribution in [0.4, 0.5) is 0 Å². The first-order valence-corrected chi connectivity index (χ1v) is 4.08. The lowest BCUT2D eigenvalue weighted by Crippen LogP contribution is -2.23.